The molecule has 3 heteroatoms. The fourth-order valence-corrected chi connectivity index (χ4v) is 2.65. The highest BCUT2D eigenvalue weighted by molar-refractivity contribution is 4.95. The molecule has 2 atom stereocenters. The lowest BCUT2D eigenvalue weighted by Gasteiger charge is -2.46. The molecule has 2 heterocycles. The van der Waals surface area contributed by atoms with Crippen LogP contribution in [0.15, 0.2) is 0 Å². The van der Waals surface area contributed by atoms with Gasteiger partial charge in [0.25, 0.3) is 0 Å². The van der Waals surface area contributed by atoms with Crippen molar-refractivity contribution >= 4 is 0 Å². The summed E-state index contributed by atoms with van der Waals surface area (Å²) in [5.74, 6) is 0. The second kappa shape index (κ2) is 3.95. The van der Waals surface area contributed by atoms with Crippen LogP contribution in [0.5, 0.6) is 0 Å². The summed E-state index contributed by atoms with van der Waals surface area (Å²) in [6.07, 6.45) is 4.01. The van der Waals surface area contributed by atoms with Gasteiger partial charge in [-0.15, -0.1) is 0 Å². The van der Waals surface area contributed by atoms with Gasteiger partial charge in [0.2, 0.25) is 0 Å². The molecule has 0 aromatic heterocycles. The lowest BCUT2D eigenvalue weighted by atomic mass is 9.74. The van der Waals surface area contributed by atoms with Gasteiger partial charge in [0, 0.05) is 25.7 Å². The molecule has 0 amide bonds. The number of hydrogen-bond donors (Lipinski definition) is 1. The number of hydrogen-bond acceptors (Lipinski definition) is 3. The van der Waals surface area contributed by atoms with E-state index in [0.29, 0.717) is 6.10 Å². The third-order valence-electron chi connectivity index (χ3n) is 3.31. The van der Waals surface area contributed by atoms with Crippen LogP contribution in [-0.2, 0) is 9.47 Å². The maximum Gasteiger partial charge on any atom is 0.0677 e. The normalized spacial score (nSPS) is 39.9. The fourth-order valence-electron chi connectivity index (χ4n) is 2.65. The van der Waals surface area contributed by atoms with E-state index in [1.807, 2.05) is 0 Å². The van der Waals surface area contributed by atoms with E-state index in [9.17, 15) is 0 Å². The topological polar surface area (TPSA) is 30.5 Å². The second-order valence-electron chi connectivity index (χ2n) is 4.22. The molecule has 0 saturated carbocycles. The first kappa shape index (κ1) is 9.44. The van der Waals surface area contributed by atoms with E-state index >= 15 is 0 Å². The monoisotopic (exact) mass is 185 g/mol. The van der Waals surface area contributed by atoms with Crippen LogP contribution in [-0.4, -0.2) is 39.5 Å². The first-order chi connectivity index (χ1) is 6.37. The number of piperidine rings is 1. The number of nitrogens with one attached hydrogen (secondary N) is 1. The molecule has 76 valence electrons. The maximum atomic E-state index is 5.82. The van der Waals surface area contributed by atoms with Gasteiger partial charge in [-0.05, 0) is 25.8 Å². The molecule has 2 aliphatic rings. The van der Waals surface area contributed by atoms with Crippen LogP contribution >= 0.6 is 0 Å². The van der Waals surface area contributed by atoms with Crippen LogP contribution in [0, 0.1) is 5.41 Å². The zero-order chi connectivity index (χ0) is 9.15. The van der Waals surface area contributed by atoms with Crippen molar-refractivity contribution in [3.63, 3.8) is 0 Å². The third-order valence-corrected chi connectivity index (χ3v) is 3.31. The van der Waals surface area contributed by atoms with Crippen molar-refractivity contribution in [2.24, 2.45) is 5.41 Å². The molecule has 0 aliphatic carbocycles. The van der Waals surface area contributed by atoms with Crippen molar-refractivity contribution < 1.29 is 9.47 Å². The van der Waals surface area contributed by atoms with Crippen molar-refractivity contribution in [3.05, 3.63) is 0 Å². The molecule has 2 aliphatic heterocycles. The summed E-state index contributed by atoms with van der Waals surface area (Å²) in [7, 11) is 1.79. The average molecular weight is 185 g/mol. The molecule has 0 bridgehead atoms. The standard InChI is InChI=1S/C10H19NO2/c1-12-8-10-4-2-6-13-9(10)3-5-11-7-10/h9,11H,2-8H2,1H3/t9-,10-/m0/s1. The highest BCUT2D eigenvalue weighted by Gasteiger charge is 2.43. The van der Waals surface area contributed by atoms with Gasteiger partial charge in [-0.25, -0.2) is 0 Å². The number of fused-ring (bicyclic) bond motifs is 1. The number of rotatable bonds is 2. The Hall–Kier alpha value is -0.120. The van der Waals surface area contributed by atoms with Gasteiger partial charge >= 0.3 is 0 Å². The smallest absolute Gasteiger partial charge is 0.0677 e. The second-order valence-corrected chi connectivity index (χ2v) is 4.22. The van der Waals surface area contributed by atoms with Gasteiger partial charge in [-0.1, -0.05) is 0 Å². The first-order valence-corrected chi connectivity index (χ1v) is 5.19. The van der Waals surface area contributed by atoms with E-state index < -0.39 is 0 Å². The Kier molecular flexibility index (Phi) is 2.86. The summed E-state index contributed by atoms with van der Waals surface area (Å²) >= 11 is 0. The van der Waals surface area contributed by atoms with E-state index in [1.54, 1.807) is 7.11 Å². The predicted octanol–water partition coefficient (Wildman–Crippen LogP) is 0.792. The molecule has 0 aromatic carbocycles. The van der Waals surface area contributed by atoms with Crippen molar-refractivity contribution in [1.82, 2.24) is 5.32 Å². The number of methoxy groups -OCH3 is 1. The van der Waals surface area contributed by atoms with Crippen molar-refractivity contribution in [2.45, 2.75) is 25.4 Å². The van der Waals surface area contributed by atoms with Crippen LogP contribution in [0.3, 0.4) is 0 Å². The summed E-state index contributed by atoms with van der Waals surface area (Å²) < 4.78 is 11.1. The Labute approximate surface area is 79.8 Å². The zero-order valence-electron chi connectivity index (χ0n) is 8.34. The van der Waals surface area contributed by atoms with E-state index in [0.717, 1.165) is 32.7 Å². The Balaban J connectivity index is 2.06. The van der Waals surface area contributed by atoms with Crippen LogP contribution in [0.1, 0.15) is 19.3 Å². The molecule has 0 aromatic rings. The molecule has 2 saturated heterocycles. The highest BCUT2D eigenvalue weighted by Crippen LogP contribution is 2.37. The average Bonchev–Trinajstić information content (AvgIpc) is 2.18. The van der Waals surface area contributed by atoms with E-state index in [2.05, 4.69) is 5.32 Å². The highest BCUT2D eigenvalue weighted by atomic mass is 16.5. The van der Waals surface area contributed by atoms with Crippen molar-refractivity contribution in [1.29, 1.82) is 0 Å². The molecule has 0 unspecified atom stereocenters. The summed E-state index contributed by atoms with van der Waals surface area (Å²) in [5, 5.41) is 3.45. The number of ether oxygens (including phenoxy) is 2. The lowest BCUT2D eigenvalue weighted by Crippen LogP contribution is -2.55. The van der Waals surface area contributed by atoms with Crippen LogP contribution in [0.2, 0.25) is 0 Å². The van der Waals surface area contributed by atoms with E-state index in [4.69, 9.17) is 9.47 Å². The molecule has 0 spiro atoms. The summed E-state index contributed by atoms with van der Waals surface area (Å²) in [5.41, 5.74) is 0.269. The van der Waals surface area contributed by atoms with Crippen LogP contribution < -0.4 is 5.32 Å². The van der Waals surface area contributed by atoms with Gasteiger partial charge in [-0.3, -0.25) is 0 Å². The molecule has 1 N–H and O–H groups in total. The molecule has 2 rings (SSSR count). The maximum absolute atomic E-state index is 5.82. The Bertz CT molecular complexity index is 155. The van der Waals surface area contributed by atoms with Crippen LogP contribution in [0.25, 0.3) is 0 Å². The third kappa shape index (κ3) is 1.73. The van der Waals surface area contributed by atoms with Gasteiger partial charge in [0.1, 0.15) is 0 Å². The summed E-state index contributed by atoms with van der Waals surface area (Å²) in [6.45, 7) is 3.93. The summed E-state index contributed by atoms with van der Waals surface area (Å²) in [4.78, 5) is 0. The lowest BCUT2D eigenvalue weighted by molar-refractivity contribution is -0.124. The molecule has 0 radical (unpaired) electrons. The largest absolute Gasteiger partial charge is 0.384 e. The molecular formula is C10H19NO2. The van der Waals surface area contributed by atoms with E-state index in [-0.39, 0.29) is 5.41 Å². The van der Waals surface area contributed by atoms with Gasteiger partial charge in [0.05, 0.1) is 12.7 Å². The first-order valence-electron chi connectivity index (χ1n) is 5.19. The van der Waals surface area contributed by atoms with Gasteiger partial charge < -0.3 is 14.8 Å². The fraction of sp³-hybridized carbons (Fsp3) is 1.00. The molecule has 3 nitrogen and oxygen atoms in total. The molecule has 13 heavy (non-hydrogen) atoms. The van der Waals surface area contributed by atoms with Gasteiger partial charge in [0.15, 0.2) is 0 Å². The zero-order valence-corrected chi connectivity index (χ0v) is 8.34. The Morgan fingerprint density at radius 3 is 3.38 bits per heavy atom. The molecule has 2 fully saturated rings. The predicted molar refractivity (Wildman–Crippen MR) is 50.8 cm³/mol. The minimum atomic E-state index is 0.269. The minimum absolute atomic E-state index is 0.269. The van der Waals surface area contributed by atoms with E-state index in [1.165, 1.54) is 12.8 Å². The van der Waals surface area contributed by atoms with Crippen molar-refractivity contribution in [2.75, 3.05) is 33.4 Å². The molecular weight excluding hydrogens is 166 g/mol. The SMILES string of the molecule is COC[C@@]12CCCO[C@H]1CCNC2. The van der Waals surface area contributed by atoms with Crippen LogP contribution in [0.4, 0.5) is 0 Å². The van der Waals surface area contributed by atoms with Gasteiger partial charge in [-0.2, -0.15) is 0 Å². The summed E-state index contributed by atoms with van der Waals surface area (Å²) in [6, 6.07) is 0. The van der Waals surface area contributed by atoms with Crippen molar-refractivity contribution in [3.8, 4) is 0 Å². The Morgan fingerprint density at radius 1 is 1.62 bits per heavy atom. The minimum Gasteiger partial charge on any atom is -0.384 e. The Morgan fingerprint density at radius 2 is 2.54 bits per heavy atom. The quantitative estimate of drug-likeness (QED) is 0.690.